The predicted octanol–water partition coefficient (Wildman–Crippen LogP) is 2.73. The molecule has 5 heteroatoms. The normalized spacial score (nSPS) is 17.5. The summed E-state index contributed by atoms with van der Waals surface area (Å²) in [6, 6.07) is 4.48. The lowest BCUT2D eigenvalue weighted by molar-refractivity contribution is 0.0729. The van der Waals surface area contributed by atoms with E-state index in [0.29, 0.717) is 11.6 Å². The van der Waals surface area contributed by atoms with Gasteiger partial charge in [0.15, 0.2) is 0 Å². The molecule has 0 N–H and O–H groups in total. The van der Waals surface area contributed by atoms with Crippen LogP contribution in [0.25, 0.3) is 0 Å². The molecule has 0 aliphatic carbocycles. The minimum Gasteiger partial charge on any atom is -0.336 e. The lowest BCUT2D eigenvalue weighted by Crippen LogP contribution is -2.36. The summed E-state index contributed by atoms with van der Waals surface area (Å²) in [6.45, 7) is 4.69. The van der Waals surface area contributed by atoms with Gasteiger partial charge in [0.1, 0.15) is 6.33 Å². The SMILES string of the molecule is Cc1cc(CCC2CCCN2C(=O)c2cncnc2C)ccn1. The number of rotatable bonds is 4. The van der Waals surface area contributed by atoms with Crippen molar-refractivity contribution in [2.45, 2.75) is 45.6 Å². The van der Waals surface area contributed by atoms with Gasteiger partial charge in [-0.3, -0.25) is 9.78 Å². The first-order valence-corrected chi connectivity index (χ1v) is 8.14. The van der Waals surface area contributed by atoms with E-state index in [4.69, 9.17) is 0 Å². The first-order valence-electron chi connectivity index (χ1n) is 8.14. The summed E-state index contributed by atoms with van der Waals surface area (Å²) < 4.78 is 0. The van der Waals surface area contributed by atoms with Gasteiger partial charge in [0.25, 0.3) is 5.91 Å². The van der Waals surface area contributed by atoms with Crippen molar-refractivity contribution in [3.8, 4) is 0 Å². The van der Waals surface area contributed by atoms with Gasteiger partial charge in [-0.2, -0.15) is 0 Å². The molecule has 3 heterocycles. The Hall–Kier alpha value is -2.30. The number of nitrogens with zero attached hydrogens (tertiary/aromatic N) is 4. The molecule has 1 amide bonds. The highest BCUT2D eigenvalue weighted by molar-refractivity contribution is 5.95. The number of carbonyl (C=O) groups excluding carboxylic acids is 1. The first kappa shape index (κ1) is 15.6. The molecule has 1 fully saturated rings. The molecule has 0 saturated carbocycles. The van der Waals surface area contributed by atoms with E-state index in [-0.39, 0.29) is 5.91 Å². The van der Waals surface area contributed by atoms with E-state index < -0.39 is 0 Å². The fraction of sp³-hybridized carbons (Fsp3) is 0.444. The lowest BCUT2D eigenvalue weighted by atomic mass is 10.0. The molecule has 23 heavy (non-hydrogen) atoms. The molecule has 1 aliphatic heterocycles. The van der Waals surface area contributed by atoms with E-state index in [1.807, 2.05) is 24.9 Å². The summed E-state index contributed by atoms with van der Waals surface area (Å²) in [4.78, 5) is 27.1. The van der Waals surface area contributed by atoms with Crippen LogP contribution in [0.15, 0.2) is 30.9 Å². The number of carbonyl (C=O) groups is 1. The maximum Gasteiger partial charge on any atom is 0.257 e. The molecular formula is C18H22N4O. The zero-order chi connectivity index (χ0) is 16.2. The summed E-state index contributed by atoms with van der Waals surface area (Å²) in [5, 5.41) is 0. The van der Waals surface area contributed by atoms with Crippen molar-refractivity contribution < 1.29 is 4.79 Å². The number of amides is 1. The van der Waals surface area contributed by atoms with E-state index in [1.54, 1.807) is 6.20 Å². The molecule has 5 nitrogen and oxygen atoms in total. The Balaban J connectivity index is 1.68. The van der Waals surface area contributed by atoms with E-state index >= 15 is 0 Å². The molecule has 1 aliphatic rings. The molecule has 1 atom stereocenters. The zero-order valence-corrected chi connectivity index (χ0v) is 13.7. The highest BCUT2D eigenvalue weighted by Gasteiger charge is 2.30. The monoisotopic (exact) mass is 310 g/mol. The number of hydrogen-bond acceptors (Lipinski definition) is 4. The van der Waals surface area contributed by atoms with Crippen molar-refractivity contribution in [3.05, 3.63) is 53.4 Å². The fourth-order valence-corrected chi connectivity index (χ4v) is 3.25. The van der Waals surface area contributed by atoms with Gasteiger partial charge in [-0.05, 0) is 57.2 Å². The van der Waals surface area contributed by atoms with E-state index in [1.165, 1.54) is 11.9 Å². The Bertz CT molecular complexity index is 701. The number of aryl methyl sites for hydroxylation is 3. The van der Waals surface area contributed by atoms with Crippen molar-refractivity contribution in [1.82, 2.24) is 19.9 Å². The van der Waals surface area contributed by atoms with Gasteiger partial charge in [-0.1, -0.05) is 0 Å². The molecule has 0 spiro atoms. The Kier molecular flexibility index (Phi) is 4.65. The van der Waals surface area contributed by atoms with Gasteiger partial charge in [0.05, 0.1) is 11.3 Å². The third-order valence-corrected chi connectivity index (χ3v) is 4.51. The molecule has 0 radical (unpaired) electrons. The fourth-order valence-electron chi connectivity index (χ4n) is 3.25. The molecule has 1 saturated heterocycles. The third-order valence-electron chi connectivity index (χ3n) is 4.51. The van der Waals surface area contributed by atoms with Gasteiger partial charge < -0.3 is 4.90 Å². The topological polar surface area (TPSA) is 59.0 Å². The van der Waals surface area contributed by atoms with Crippen molar-refractivity contribution in [3.63, 3.8) is 0 Å². The molecule has 2 aromatic rings. The average Bonchev–Trinajstić information content (AvgIpc) is 3.01. The standard InChI is InChI=1S/C18H22N4O/c1-13-10-15(7-8-20-13)5-6-16-4-3-9-22(16)18(23)17-11-19-12-21-14(17)2/h7-8,10-12,16H,3-6,9H2,1-2H3. The second-order valence-electron chi connectivity index (χ2n) is 6.16. The van der Waals surface area contributed by atoms with Crippen LogP contribution in [0.5, 0.6) is 0 Å². The Morgan fingerprint density at radius 3 is 3.00 bits per heavy atom. The van der Waals surface area contributed by atoms with Crippen LogP contribution < -0.4 is 0 Å². The van der Waals surface area contributed by atoms with Crippen LogP contribution in [-0.4, -0.2) is 38.3 Å². The molecule has 3 rings (SSSR count). The average molecular weight is 310 g/mol. The van der Waals surface area contributed by atoms with E-state index in [2.05, 4.69) is 27.1 Å². The van der Waals surface area contributed by atoms with Crippen molar-refractivity contribution in [2.75, 3.05) is 6.54 Å². The van der Waals surface area contributed by atoms with Gasteiger partial charge in [-0.15, -0.1) is 0 Å². The van der Waals surface area contributed by atoms with Crippen LogP contribution in [-0.2, 0) is 6.42 Å². The summed E-state index contributed by atoms with van der Waals surface area (Å²) in [5.41, 5.74) is 3.70. The van der Waals surface area contributed by atoms with Crippen LogP contribution in [0.3, 0.4) is 0 Å². The van der Waals surface area contributed by atoms with Crippen LogP contribution in [0.4, 0.5) is 0 Å². The molecule has 2 aromatic heterocycles. The highest BCUT2D eigenvalue weighted by atomic mass is 16.2. The molecule has 120 valence electrons. The third kappa shape index (κ3) is 3.55. The summed E-state index contributed by atoms with van der Waals surface area (Å²) in [6.07, 6.45) is 9.07. The van der Waals surface area contributed by atoms with Crippen molar-refractivity contribution >= 4 is 5.91 Å². The predicted molar refractivity (Wildman–Crippen MR) is 88.1 cm³/mol. The lowest BCUT2D eigenvalue weighted by Gasteiger charge is -2.25. The van der Waals surface area contributed by atoms with Gasteiger partial charge >= 0.3 is 0 Å². The van der Waals surface area contributed by atoms with Crippen molar-refractivity contribution in [1.29, 1.82) is 0 Å². The number of likely N-dealkylation sites (tertiary alicyclic amines) is 1. The largest absolute Gasteiger partial charge is 0.336 e. The molecule has 0 bridgehead atoms. The minimum atomic E-state index is 0.0662. The quantitative estimate of drug-likeness (QED) is 0.871. The van der Waals surface area contributed by atoms with Gasteiger partial charge in [0.2, 0.25) is 0 Å². The Labute approximate surface area is 136 Å². The van der Waals surface area contributed by atoms with E-state index in [0.717, 1.165) is 43.6 Å². The maximum absolute atomic E-state index is 12.8. The first-order chi connectivity index (χ1) is 11.1. The minimum absolute atomic E-state index is 0.0662. The Morgan fingerprint density at radius 1 is 1.35 bits per heavy atom. The summed E-state index contributed by atoms with van der Waals surface area (Å²) >= 11 is 0. The number of aromatic nitrogens is 3. The van der Waals surface area contributed by atoms with Crippen LogP contribution in [0.2, 0.25) is 0 Å². The van der Waals surface area contributed by atoms with Gasteiger partial charge in [0, 0.05) is 30.7 Å². The van der Waals surface area contributed by atoms with Crippen LogP contribution in [0, 0.1) is 13.8 Å². The Morgan fingerprint density at radius 2 is 2.22 bits per heavy atom. The molecular weight excluding hydrogens is 288 g/mol. The summed E-state index contributed by atoms with van der Waals surface area (Å²) in [5.74, 6) is 0.0662. The van der Waals surface area contributed by atoms with E-state index in [9.17, 15) is 4.79 Å². The molecule has 1 unspecified atom stereocenters. The maximum atomic E-state index is 12.8. The smallest absolute Gasteiger partial charge is 0.257 e. The zero-order valence-electron chi connectivity index (χ0n) is 13.7. The number of pyridine rings is 1. The molecule has 0 aromatic carbocycles. The van der Waals surface area contributed by atoms with Crippen LogP contribution in [0.1, 0.15) is 46.6 Å². The summed E-state index contributed by atoms with van der Waals surface area (Å²) in [7, 11) is 0. The van der Waals surface area contributed by atoms with Crippen LogP contribution >= 0.6 is 0 Å². The van der Waals surface area contributed by atoms with Crippen molar-refractivity contribution in [2.24, 2.45) is 0 Å². The highest BCUT2D eigenvalue weighted by Crippen LogP contribution is 2.24. The second kappa shape index (κ2) is 6.86. The second-order valence-corrected chi connectivity index (χ2v) is 6.16. The van der Waals surface area contributed by atoms with Gasteiger partial charge in [-0.25, -0.2) is 9.97 Å². The number of hydrogen-bond donors (Lipinski definition) is 0.